The topological polar surface area (TPSA) is 43.6 Å². The molecule has 0 aliphatic heterocycles. The van der Waals surface area contributed by atoms with Crippen molar-refractivity contribution in [2.24, 2.45) is 0 Å². The Morgan fingerprint density at radius 1 is 0.362 bits per heavy atom. The summed E-state index contributed by atoms with van der Waals surface area (Å²) in [6.45, 7) is 4.69. The summed E-state index contributed by atoms with van der Waals surface area (Å²) in [7, 11) is 0. The normalized spacial score (nSPS) is 12.8. The molecular formula is C54H38N4. The summed E-state index contributed by atoms with van der Waals surface area (Å²) in [4.78, 5) is 15.6. The smallest absolute Gasteiger partial charge is 0.238 e. The van der Waals surface area contributed by atoms with Crippen LogP contribution in [0.2, 0.25) is 0 Å². The zero-order chi connectivity index (χ0) is 38.8. The highest BCUT2D eigenvalue weighted by Crippen LogP contribution is 2.50. The molecule has 0 saturated carbocycles. The summed E-state index contributed by atoms with van der Waals surface area (Å²) in [5.41, 5.74) is 16.1. The maximum Gasteiger partial charge on any atom is 0.238 e. The molecule has 2 heterocycles. The first-order chi connectivity index (χ1) is 28.5. The highest BCUT2D eigenvalue weighted by Gasteiger charge is 2.35. The number of benzene rings is 8. The highest BCUT2D eigenvalue weighted by molar-refractivity contribution is 6.16. The van der Waals surface area contributed by atoms with Gasteiger partial charge in [-0.2, -0.15) is 9.97 Å². The zero-order valence-electron chi connectivity index (χ0n) is 32.3. The molecule has 0 unspecified atom stereocenters. The van der Waals surface area contributed by atoms with Gasteiger partial charge in [0.2, 0.25) is 5.95 Å². The third kappa shape index (κ3) is 5.48. The lowest BCUT2D eigenvalue weighted by Crippen LogP contribution is -2.14. The van der Waals surface area contributed by atoms with Crippen LogP contribution in [0, 0.1) is 0 Å². The number of aromatic nitrogens is 4. The van der Waals surface area contributed by atoms with E-state index in [2.05, 4.69) is 176 Å². The van der Waals surface area contributed by atoms with E-state index in [0.29, 0.717) is 17.6 Å². The highest BCUT2D eigenvalue weighted by atomic mass is 15.2. The Kier molecular flexibility index (Phi) is 7.80. The predicted molar refractivity (Wildman–Crippen MR) is 239 cm³/mol. The summed E-state index contributed by atoms with van der Waals surface area (Å²) in [6, 6.07) is 69.1. The van der Waals surface area contributed by atoms with E-state index in [-0.39, 0.29) is 5.41 Å². The quantitative estimate of drug-likeness (QED) is 0.170. The maximum absolute atomic E-state index is 5.28. The average molecular weight is 743 g/mol. The summed E-state index contributed by atoms with van der Waals surface area (Å²) >= 11 is 0. The maximum atomic E-state index is 5.28. The van der Waals surface area contributed by atoms with Crippen LogP contribution in [0.25, 0.3) is 95.0 Å². The molecule has 0 spiro atoms. The van der Waals surface area contributed by atoms with Gasteiger partial charge in [-0.25, -0.2) is 4.98 Å². The van der Waals surface area contributed by atoms with Crippen LogP contribution in [0.3, 0.4) is 0 Å². The zero-order valence-corrected chi connectivity index (χ0v) is 32.3. The van der Waals surface area contributed by atoms with E-state index in [1.54, 1.807) is 0 Å². The lowest BCUT2D eigenvalue weighted by Gasteiger charge is -2.22. The average Bonchev–Trinajstić information content (AvgIpc) is 3.74. The minimum Gasteiger partial charge on any atom is -0.277 e. The molecule has 0 radical (unpaired) electrons. The molecule has 8 aromatic carbocycles. The molecule has 1 aliphatic carbocycles. The number of fused-ring (bicyclic) bond motifs is 6. The van der Waals surface area contributed by atoms with Gasteiger partial charge < -0.3 is 0 Å². The second-order valence-corrected chi connectivity index (χ2v) is 15.7. The Hall–Kier alpha value is -7.43. The molecule has 0 fully saturated rings. The van der Waals surface area contributed by atoms with E-state index in [1.165, 1.54) is 27.8 Å². The van der Waals surface area contributed by atoms with E-state index in [9.17, 15) is 0 Å². The van der Waals surface area contributed by atoms with E-state index in [1.807, 2.05) is 36.4 Å². The van der Waals surface area contributed by atoms with E-state index < -0.39 is 0 Å². The van der Waals surface area contributed by atoms with Crippen molar-refractivity contribution >= 4 is 21.8 Å². The molecular weight excluding hydrogens is 705 g/mol. The molecule has 0 N–H and O–H groups in total. The van der Waals surface area contributed by atoms with Crippen molar-refractivity contribution in [3.8, 4) is 73.2 Å². The van der Waals surface area contributed by atoms with Crippen molar-refractivity contribution < 1.29 is 0 Å². The van der Waals surface area contributed by atoms with Crippen LogP contribution in [0.1, 0.15) is 25.0 Å². The van der Waals surface area contributed by atoms with E-state index in [4.69, 9.17) is 15.0 Å². The Labute approximate surface area is 337 Å². The molecule has 4 heteroatoms. The summed E-state index contributed by atoms with van der Waals surface area (Å²) in [5, 5.41) is 2.27. The lowest BCUT2D eigenvalue weighted by molar-refractivity contribution is 0.660. The molecule has 0 atom stereocenters. The standard InChI is InChI=1S/C54H38N4/c1-54(2)47-26-16-15-25-42(47)43-29-27-40(34-48(43)54)39-28-30-49-45(31-39)46-33-41(35-17-7-3-8-18-35)32-44(36-19-9-4-10-20-36)50(46)58(49)53-56-51(37-21-11-5-12-22-37)55-52(57-53)38-23-13-6-14-24-38/h3-34H,1-2H3. The van der Waals surface area contributed by atoms with Crippen LogP contribution in [-0.2, 0) is 5.41 Å². The monoisotopic (exact) mass is 742 g/mol. The SMILES string of the molecule is CC1(C)c2ccccc2-c2ccc(-c3ccc4c(c3)c3cc(-c5ccccc5)cc(-c5ccccc5)c3n4-c3nc(-c4ccccc4)nc(-c4ccccc4)n3)cc21. The van der Waals surface area contributed by atoms with Crippen LogP contribution in [-0.4, -0.2) is 19.5 Å². The molecule has 0 bridgehead atoms. The van der Waals surface area contributed by atoms with Crippen molar-refractivity contribution in [3.05, 3.63) is 205 Å². The van der Waals surface area contributed by atoms with Gasteiger partial charge in [-0.05, 0) is 80.4 Å². The van der Waals surface area contributed by atoms with Crippen molar-refractivity contribution in [3.63, 3.8) is 0 Å². The first kappa shape index (κ1) is 33.9. The lowest BCUT2D eigenvalue weighted by atomic mass is 9.81. The molecule has 0 saturated heterocycles. The van der Waals surface area contributed by atoms with Gasteiger partial charge in [-0.3, -0.25) is 4.57 Å². The number of rotatable bonds is 6. The van der Waals surface area contributed by atoms with Gasteiger partial charge >= 0.3 is 0 Å². The van der Waals surface area contributed by atoms with Crippen molar-refractivity contribution in [2.45, 2.75) is 19.3 Å². The minimum atomic E-state index is -0.0944. The fourth-order valence-corrected chi connectivity index (χ4v) is 8.95. The minimum absolute atomic E-state index is 0.0944. The Morgan fingerprint density at radius 2 is 0.879 bits per heavy atom. The van der Waals surface area contributed by atoms with Gasteiger partial charge in [-0.1, -0.05) is 178 Å². The first-order valence-corrected chi connectivity index (χ1v) is 19.9. The second kappa shape index (κ2) is 13.4. The third-order valence-electron chi connectivity index (χ3n) is 11.9. The Balaban J connectivity index is 1.22. The first-order valence-electron chi connectivity index (χ1n) is 19.9. The molecule has 1 aliphatic rings. The van der Waals surface area contributed by atoms with Crippen LogP contribution in [0.4, 0.5) is 0 Å². The number of hydrogen-bond acceptors (Lipinski definition) is 3. The fourth-order valence-electron chi connectivity index (χ4n) is 8.95. The summed E-state index contributed by atoms with van der Waals surface area (Å²) in [6.07, 6.45) is 0. The fraction of sp³-hybridized carbons (Fsp3) is 0.0556. The van der Waals surface area contributed by atoms with Crippen LogP contribution in [0.5, 0.6) is 0 Å². The van der Waals surface area contributed by atoms with Crippen molar-refractivity contribution in [1.82, 2.24) is 19.5 Å². The van der Waals surface area contributed by atoms with Crippen LogP contribution >= 0.6 is 0 Å². The summed E-state index contributed by atoms with van der Waals surface area (Å²) in [5.74, 6) is 1.82. The largest absolute Gasteiger partial charge is 0.277 e. The van der Waals surface area contributed by atoms with Gasteiger partial charge in [-0.15, -0.1) is 0 Å². The van der Waals surface area contributed by atoms with Crippen LogP contribution in [0.15, 0.2) is 194 Å². The number of hydrogen-bond donors (Lipinski definition) is 0. The second-order valence-electron chi connectivity index (χ2n) is 15.7. The molecule has 2 aromatic heterocycles. The van der Waals surface area contributed by atoms with Gasteiger partial charge in [0.15, 0.2) is 11.6 Å². The Morgan fingerprint density at radius 3 is 1.53 bits per heavy atom. The predicted octanol–water partition coefficient (Wildman–Crippen LogP) is 13.6. The van der Waals surface area contributed by atoms with Gasteiger partial charge in [0.05, 0.1) is 11.0 Å². The van der Waals surface area contributed by atoms with Crippen molar-refractivity contribution in [1.29, 1.82) is 0 Å². The Bertz CT molecular complexity index is 3110. The molecule has 0 amide bonds. The molecule has 58 heavy (non-hydrogen) atoms. The molecule has 4 nitrogen and oxygen atoms in total. The van der Waals surface area contributed by atoms with Crippen LogP contribution < -0.4 is 0 Å². The van der Waals surface area contributed by atoms with E-state index in [0.717, 1.165) is 60.8 Å². The number of nitrogens with zero attached hydrogens (tertiary/aromatic N) is 4. The van der Waals surface area contributed by atoms with Gasteiger partial charge in [0, 0.05) is 32.9 Å². The van der Waals surface area contributed by atoms with Gasteiger partial charge in [0.25, 0.3) is 0 Å². The van der Waals surface area contributed by atoms with Gasteiger partial charge in [0.1, 0.15) is 0 Å². The van der Waals surface area contributed by atoms with Crippen molar-refractivity contribution in [2.75, 3.05) is 0 Å². The molecule has 10 aromatic rings. The summed E-state index contributed by atoms with van der Waals surface area (Å²) < 4.78 is 2.26. The molecule has 11 rings (SSSR count). The third-order valence-corrected chi connectivity index (χ3v) is 11.9. The van der Waals surface area contributed by atoms with E-state index >= 15 is 0 Å². The molecule has 274 valence electrons.